The molecule has 3 rings (SSSR count). The van der Waals surface area contributed by atoms with Crippen LogP contribution in [0.25, 0.3) is 0 Å². The third-order valence-electron chi connectivity index (χ3n) is 4.18. The standard InChI is InChI=1S/C19H16F2N2O4/c1-3-27-19(26)12-5-7-16-15(9-12)22-17(24)10(2)23(16)18(25)11-4-6-13(20)14(21)8-11/h4-10H,3H2,1-2H3,(H,22,24)/t10-/m1/s1. The minimum absolute atomic E-state index is 0.101. The van der Waals surface area contributed by atoms with Crippen molar-refractivity contribution in [3.63, 3.8) is 0 Å². The van der Waals surface area contributed by atoms with E-state index in [0.717, 1.165) is 18.2 Å². The lowest BCUT2D eigenvalue weighted by molar-refractivity contribution is -0.117. The van der Waals surface area contributed by atoms with Gasteiger partial charge >= 0.3 is 5.97 Å². The first-order chi connectivity index (χ1) is 12.8. The maximum Gasteiger partial charge on any atom is 0.338 e. The first-order valence-electron chi connectivity index (χ1n) is 8.24. The topological polar surface area (TPSA) is 75.7 Å². The van der Waals surface area contributed by atoms with E-state index < -0.39 is 35.5 Å². The van der Waals surface area contributed by atoms with Crippen molar-refractivity contribution in [1.82, 2.24) is 0 Å². The number of hydrogen-bond acceptors (Lipinski definition) is 4. The van der Waals surface area contributed by atoms with Gasteiger partial charge in [0, 0.05) is 5.56 Å². The molecular formula is C19H16F2N2O4. The molecule has 0 aromatic heterocycles. The van der Waals surface area contributed by atoms with E-state index >= 15 is 0 Å². The Bertz CT molecular complexity index is 945. The molecule has 0 aliphatic carbocycles. The molecule has 1 N–H and O–H groups in total. The van der Waals surface area contributed by atoms with Gasteiger partial charge in [0.25, 0.3) is 5.91 Å². The smallest absolute Gasteiger partial charge is 0.338 e. The van der Waals surface area contributed by atoms with E-state index in [2.05, 4.69) is 5.32 Å². The monoisotopic (exact) mass is 374 g/mol. The van der Waals surface area contributed by atoms with Gasteiger partial charge in [0.05, 0.1) is 23.5 Å². The van der Waals surface area contributed by atoms with Crippen LogP contribution < -0.4 is 10.2 Å². The normalized spacial score (nSPS) is 15.8. The number of amides is 2. The van der Waals surface area contributed by atoms with Gasteiger partial charge in [-0.3, -0.25) is 14.5 Å². The Hall–Kier alpha value is -3.29. The van der Waals surface area contributed by atoms with E-state index in [-0.39, 0.29) is 23.4 Å². The first kappa shape index (κ1) is 18.5. The Morgan fingerprint density at radius 2 is 1.81 bits per heavy atom. The largest absolute Gasteiger partial charge is 0.462 e. The average Bonchev–Trinajstić information content (AvgIpc) is 2.64. The summed E-state index contributed by atoms with van der Waals surface area (Å²) in [6.07, 6.45) is 0. The number of carbonyl (C=O) groups is 3. The number of carbonyl (C=O) groups excluding carboxylic acids is 3. The molecule has 0 saturated carbocycles. The lowest BCUT2D eigenvalue weighted by atomic mass is 10.0. The number of hydrogen-bond donors (Lipinski definition) is 1. The highest BCUT2D eigenvalue weighted by atomic mass is 19.2. The summed E-state index contributed by atoms with van der Waals surface area (Å²) in [6.45, 7) is 3.37. The van der Waals surface area contributed by atoms with E-state index in [9.17, 15) is 23.2 Å². The number of halogens is 2. The highest BCUT2D eigenvalue weighted by molar-refractivity contribution is 6.17. The SMILES string of the molecule is CCOC(=O)c1ccc2c(c1)NC(=O)[C@@H](C)N2C(=O)c1ccc(F)c(F)c1. The van der Waals surface area contributed by atoms with Gasteiger partial charge in [-0.15, -0.1) is 0 Å². The van der Waals surface area contributed by atoms with Crippen molar-refractivity contribution in [1.29, 1.82) is 0 Å². The fraction of sp³-hybridized carbons (Fsp3) is 0.211. The molecule has 6 nitrogen and oxygen atoms in total. The number of ether oxygens (including phenoxy) is 1. The molecule has 1 heterocycles. The van der Waals surface area contributed by atoms with Crippen LogP contribution in [0.3, 0.4) is 0 Å². The highest BCUT2D eigenvalue weighted by Crippen LogP contribution is 2.34. The van der Waals surface area contributed by atoms with E-state index in [0.29, 0.717) is 5.69 Å². The molecule has 0 saturated heterocycles. The van der Waals surface area contributed by atoms with Crippen molar-refractivity contribution >= 4 is 29.2 Å². The van der Waals surface area contributed by atoms with Crippen molar-refractivity contribution in [2.24, 2.45) is 0 Å². The van der Waals surface area contributed by atoms with Crippen molar-refractivity contribution in [3.05, 3.63) is 59.2 Å². The van der Waals surface area contributed by atoms with Crippen molar-refractivity contribution in [3.8, 4) is 0 Å². The molecular weight excluding hydrogens is 358 g/mol. The molecule has 1 aliphatic heterocycles. The molecule has 1 atom stereocenters. The Labute approximate surface area is 153 Å². The molecule has 2 aromatic rings. The Balaban J connectivity index is 2.03. The summed E-state index contributed by atoms with van der Waals surface area (Å²) < 4.78 is 31.6. The van der Waals surface area contributed by atoms with Crippen LogP contribution in [0.1, 0.15) is 34.6 Å². The predicted octanol–water partition coefficient (Wildman–Crippen LogP) is 3.13. The van der Waals surface area contributed by atoms with Gasteiger partial charge in [-0.25, -0.2) is 13.6 Å². The number of anilines is 2. The molecule has 27 heavy (non-hydrogen) atoms. The molecule has 2 aromatic carbocycles. The summed E-state index contributed by atoms with van der Waals surface area (Å²) in [4.78, 5) is 38.2. The summed E-state index contributed by atoms with van der Waals surface area (Å²) in [5, 5.41) is 2.63. The number of fused-ring (bicyclic) bond motifs is 1. The van der Waals surface area contributed by atoms with Crippen LogP contribution in [0.4, 0.5) is 20.2 Å². The van der Waals surface area contributed by atoms with Crippen LogP contribution >= 0.6 is 0 Å². The van der Waals surface area contributed by atoms with E-state index in [1.807, 2.05) is 0 Å². The lowest BCUT2D eigenvalue weighted by Crippen LogP contribution is -2.49. The van der Waals surface area contributed by atoms with Crippen LogP contribution in [-0.2, 0) is 9.53 Å². The van der Waals surface area contributed by atoms with Gasteiger partial charge in [-0.05, 0) is 50.2 Å². The van der Waals surface area contributed by atoms with Gasteiger partial charge in [0.1, 0.15) is 6.04 Å². The molecule has 0 radical (unpaired) electrons. The van der Waals surface area contributed by atoms with Crippen molar-refractivity contribution in [2.45, 2.75) is 19.9 Å². The second-order valence-corrected chi connectivity index (χ2v) is 5.92. The molecule has 1 aliphatic rings. The van der Waals surface area contributed by atoms with Crippen LogP contribution in [0, 0.1) is 11.6 Å². The molecule has 8 heteroatoms. The van der Waals surface area contributed by atoms with Crippen LogP contribution in [0.5, 0.6) is 0 Å². The highest BCUT2D eigenvalue weighted by Gasteiger charge is 2.35. The summed E-state index contributed by atoms with van der Waals surface area (Å²) in [6, 6.07) is 6.26. The average molecular weight is 374 g/mol. The van der Waals surface area contributed by atoms with E-state index in [4.69, 9.17) is 4.74 Å². The number of esters is 1. The second-order valence-electron chi connectivity index (χ2n) is 5.92. The minimum Gasteiger partial charge on any atom is -0.462 e. The van der Waals surface area contributed by atoms with Gasteiger partial charge < -0.3 is 10.1 Å². The quantitative estimate of drug-likeness (QED) is 0.838. The number of nitrogens with zero attached hydrogens (tertiary/aromatic N) is 1. The van der Waals surface area contributed by atoms with Gasteiger partial charge in [-0.2, -0.15) is 0 Å². The number of rotatable bonds is 3. The van der Waals surface area contributed by atoms with Crippen LogP contribution in [0.15, 0.2) is 36.4 Å². The molecule has 140 valence electrons. The second kappa shape index (κ2) is 7.14. The summed E-state index contributed by atoms with van der Waals surface area (Å²) in [5.41, 5.74) is 0.700. The molecule has 0 unspecified atom stereocenters. The Morgan fingerprint density at radius 1 is 1.11 bits per heavy atom. The Kier molecular flexibility index (Phi) is 4.89. The lowest BCUT2D eigenvalue weighted by Gasteiger charge is -2.34. The fourth-order valence-corrected chi connectivity index (χ4v) is 2.80. The summed E-state index contributed by atoms with van der Waals surface area (Å²) in [5.74, 6) is -3.93. The maximum atomic E-state index is 13.5. The molecule has 0 bridgehead atoms. The third kappa shape index (κ3) is 3.38. The molecule has 0 spiro atoms. The van der Waals surface area contributed by atoms with Gasteiger partial charge in [-0.1, -0.05) is 0 Å². The van der Waals surface area contributed by atoms with Crippen LogP contribution in [-0.4, -0.2) is 30.4 Å². The summed E-state index contributed by atoms with van der Waals surface area (Å²) >= 11 is 0. The van der Waals surface area contributed by atoms with Crippen LogP contribution in [0.2, 0.25) is 0 Å². The fourth-order valence-electron chi connectivity index (χ4n) is 2.80. The van der Waals surface area contributed by atoms with Crippen molar-refractivity contribution in [2.75, 3.05) is 16.8 Å². The van der Waals surface area contributed by atoms with E-state index in [1.165, 1.54) is 30.0 Å². The van der Waals surface area contributed by atoms with E-state index in [1.54, 1.807) is 6.92 Å². The molecule has 0 fully saturated rings. The van der Waals surface area contributed by atoms with Gasteiger partial charge in [0.2, 0.25) is 5.91 Å². The number of benzene rings is 2. The Morgan fingerprint density at radius 3 is 2.48 bits per heavy atom. The summed E-state index contributed by atoms with van der Waals surface area (Å²) in [7, 11) is 0. The zero-order valence-electron chi connectivity index (χ0n) is 14.6. The first-order valence-corrected chi connectivity index (χ1v) is 8.24. The third-order valence-corrected chi connectivity index (χ3v) is 4.18. The zero-order valence-corrected chi connectivity index (χ0v) is 14.6. The van der Waals surface area contributed by atoms with Crippen molar-refractivity contribution < 1.29 is 27.9 Å². The van der Waals surface area contributed by atoms with Gasteiger partial charge in [0.15, 0.2) is 11.6 Å². The number of nitrogens with one attached hydrogen (secondary N) is 1. The maximum absolute atomic E-state index is 13.5. The predicted molar refractivity (Wildman–Crippen MR) is 93.7 cm³/mol. The zero-order chi connectivity index (χ0) is 19.7. The molecule has 2 amide bonds. The minimum atomic E-state index is -1.16.